The van der Waals surface area contributed by atoms with Crippen LogP contribution in [0.3, 0.4) is 0 Å². The van der Waals surface area contributed by atoms with Gasteiger partial charge in [-0.1, -0.05) is 12.1 Å². The SMILES string of the molecule is COC(=O)c1ccc(-c2cc(CN)cc(OC(F)(F)F)c2)cc1. The van der Waals surface area contributed by atoms with Gasteiger partial charge in [0.1, 0.15) is 5.75 Å². The summed E-state index contributed by atoms with van der Waals surface area (Å²) in [5, 5.41) is 0. The third-order valence-corrected chi connectivity index (χ3v) is 3.07. The normalized spacial score (nSPS) is 11.2. The molecule has 0 spiro atoms. The number of hydrogen-bond donors (Lipinski definition) is 1. The van der Waals surface area contributed by atoms with E-state index in [0.29, 0.717) is 22.3 Å². The maximum atomic E-state index is 12.4. The second-order valence-corrected chi connectivity index (χ2v) is 4.69. The van der Waals surface area contributed by atoms with Crippen molar-refractivity contribution in [3.63, 3.8) is 0 Å². The van der Waals surface area contributed by atoms with Crippen LogP contribution in [-0.2, 0) is 11.3 Å². The molecule has 0 heterocycles. The Kier molecular flexibility index (Phi) is 4.90. The van der Waals surface area contributed by atoms with E-state index in [0.717, 1.165) is 0 Å². The predicted octanol–water partition coefficient (Wildman–Crippen LogP) is 3.50. The summed E-state index contributed by atoms with van der Waals surface area (Å²) in [6.07, 6.45) is -4.78. The number of halogens is 3. The van der Waals surface area contributed by atoms with Crippen molar-refractivity contribution < 1.29 is 27.4 Å². The highest BCUT2D eigenvalue weighted by molar-refractivity contribution is 5.90. The van der Waals surface area contributed by atoms with Crippen molar-refractivity contribution in [1.82, 2.24) is 0 Å². The Morgan fingerprint density at radius 2 is 1.74 bits per heavy atom. The van der Waals surface area contributed by atoms with Crippen LogP contribution in [0.2, 0.25) is 0 Å². The minimum Gasteiger partial charge on any atom is -0.465 e. The lowest BCUT2D eigenvalue weighted by Crippen LogP contribution is -2.17. The first-order valence-corrected chi connectivity index (χ1v) is 6.61. The molecular formula is C16H14F3NO3. The maximum absolute atomic E-state index is 12.4. The molecule has 122 valence electrons. The molecule has 0 aliphatic carbocycles. The number of carbonyl (C=O) groups is 1. The number of carbonyl (C=O) groups excluding carboxylic acids is 1. The van der Waals surface area contributed by atoms with Gasteiger partial charge in [-0.2, -0.15) is 0 Å². The Morgan fingerprint density at radius 1 is 1.09 bits per heavy atom. The number of nitrogens with two attached hydrogens (primary N) is 1. The Bertz CT molecular complexity index is 697. The van der Waals surface area contributed by atoms with Gasteiger partial charge in [0.25, 0.3) is 0 Å². The zero-order chi connectivity index (χ0) is 17.0. The molecule has 0 bridgehead atoms. The number of benzene rings is 2. The highest BCUT2D eigenvalue weighted by Crippen LogP contribution is 2.30. The molecule has 0 aliphatic rings. The summed E-state index contributed by atoms with van der Waals surface area (Å²) in [4.78, 5) is 11.4. The van der Waals surface area contributed by atoms with Gasteiger partial charge >= 0.3 is 12.3 Å². The molecule has 0 aliphatic heterocycles. The van der Waals surface area contributed by atoms with Gasteiger partial charge in [-0.05, 0) is 47.0 Å². The molecule has 7 heteroatoms. The lowest BCUT2D eigenvalue weighted by molar-refractivity contribution is -0.274. The molecule has 23 heavy (non-hydrogen) atoms. The third kappa shape index (κ3) is 4.46. The minimum absolute atomic E-state index is 0.0717. The number of esters is 1. The fraction of sp³-hybridized carbons (Fsp3) is 0.188. The number of hydrogen-bond acceptors (Lipinski definition) is 4. The highest BCUT2D eigenvalue weighted by atomic mass is 19.4. The summed E-state index contributed by atoms with van der Waals surface area (Å²) >= 11 is 0. The first kappa shape index (κ1) is 16.8. The van der Waals surface area contributed by atoms with Gasteiger partial charge in [0.05, 0.1) is 12.7 Å². The zero-order valence-corrected chi connectivity index (χ0v) is 12.2. The van der Waals surface area contributed by atoms with Crippen LogP contribution in [-0.4, -0.2) is 19.4 Å². The van der Waals surface area contributed by atoms with Gasteiger partial charge in [-0.25, -0.2) is 4.79 Å². The van der Waals surface area contributed by atoms with E-state index in [1.54, 1.807) is 18.2 Å². The van der Waals surface area contributed by atoms with E-state index in [4.69, 9.17) is 5.73 Å². The quantitative estimate of drug-likeness (QED) is 0.874. The molecule has 0 unspecified atom stereocenters. The summed E-state index contributed by atoms with van der Waals surface area (Å²) in [5.74, 6) is -0.833. The molecule has 2 N–H and O–H groups in total. The van der Waals surface area contributed by atoms with E-state index in [2.05, 4.69) is 9.47 Å². The van der Waals surface area contributed by atoms with Crippen molar-refractivity contribution in [2.75, 3.05) is 7.11 Å². The standard InChI is InChI=1S/C16H14F3NO3/c1-22-15(21)12-4-2-11(3-5-12)13-6-10(9-20)7-14(8-13)23-16(17,18)19/h2-8H,9,20H2,1H3. The summed E-state index contributed by atoms with van der Waals surface area (Å²) in [6, 6.07) is 10.4. The Morgan fingerprint density at radius 3 is 2.26 bits per heavy atom. The topological polar surface area (TPSA) is 61.5 Å². The molecule has 2 aromatic carbocycles. The number of rotatable bonds is 4. The van der Waals surface area contributed by atoms with Gasteiger partial charge in [0.2, 0.25) is 0 Å². The van der Waals surface area contributed by atoms with E-state index >= 15 is 0 Å². The molecule has 4 nitrogen and oxygen atoms in total. The van der Waals surface area contributed by atoms with Crippen LogP contribution in [0, 0.1) is 0 Å². The summed E-state index contributed by atoms with van der Waals surface area (Å²) in [7, 11) is 1.27. The van der Waals surface area contributed by atoms with Crippen LogP contribution in [0.4, 0.5) is 13.2 Å². The van der Waals surface area contributed by atoms with E-state index in [9.17, 15) is 18.0 Å². The van der Waals surface area contributed by atoms with Crippen molar-refractivity contribution in [3.8, 4) is 16.9 Å². The molecule has 0 fully saturated rings. The second-order valence-electron chi connectivity index (χ2n) is 4.69. The summed E-state index contributed by atoms with van der Waals surface area (Å²) in [5.41, 5.74) is 7.49. The van der Waals surface area contributed by atoms with Crippen molar-refractivity contribution >= 4 is 5.97 Å². The Balaban J connectivity index is 2.38. The molecule has 2 rings (SSSR count). The van der Waals surface area contributed by atoms with Crippen molar-refractivity contribution in [3.05, 3.63) is 53.6 Å². The summed E-state index contributed by atoms with van der Waals surface area (Å²) < 4.78 is 45.7. The van der Waals surface area contributed by atoms with Crippen LogP contribution in [0.15, 0.2) is 42.5 Å². The largest absolute Gasteiger partial charge is 0.573 e. The average Bonchev–Trinajstić information content (AvgIpc) is 2.52. The van der Waals surface area contributed by atoms with Crippen molar-refractivity contribution in [2.45, 2.75) is 12.9 Å². The lowest BCUT2D eigenvalue weighted by Gasteiger charge is -2.12. The Hall–Kier alpha value is -2.54. The van der Waals surface area contributed by atoms with E-state index < -0.39 is 12.3 Å². The Labute approximate surface area is 130 Å². The number of ether oxygens (including phenoxy) is 2. The lowest BCUT2D eigenvalue weighted by atomic mass is 10.0. The first-order chi connectivity index (χ1) is 10.8. The molecule has 0 amide bonds. The van der Waals surface area contributed by atoms with Crippen LogP contribution in [0.25, 0.3) is 11.1 Å². The van der Waals surface area contributed by atoms with Crippen molar-refractivity contribution in [1.29, 1.82) is 0 Å². The molecular weight excluding hydrogens is 311 g/mol. The molecule has 0 atom stereocenters. The number of alkyl halides is 3. The van der Waals surface area contributed by atoms with Gasteiger partial charge in [0, 0.05) is 6.54 Å². The molecule has 2 aromatic rings. The fourth-order valence-electron chi connectivity index (χ4n) is 2.05. The van der Waals surface area contributed by atoms with Crippen LogP contribution in [0.5, 0.6) is 5.75 Å². The second kappa shape index (κ2) is 6.70. The maximum Gasteiger partial charge on any atom is 0.573 e. The van der Waals surface area contributed by atoms with Crippen LogP contribution in [0.1, 0.15) is 15.9 Å². The third-order valence-electron chi connectivity index (χ3n) is 3.07. The van der Waals surface area contributed by atoms with E-state index in [1.807, 2.05) is 0 Å². The van der Waals surface area contributed by atoms with Crippen LogP contribution >= 0.6 is 0 Å². The predicted molar refractivity (Wildman–Crippen MR) is 77.8 cm³/mol. The summed E-state index contributed by atoms with van der Waals surface area (Å²) in [6.45, 7) is 0.0717. The van der Waals surface area contributed by atoms with E-state index in [-0.39, 0.29) is 12.3 Å². The van der Waals surface area contributed by atoms with E-state index in [1.165, 1.54) is 31.4 Å². The molecule has 0 aromatic heterocycles. The first-order valence-electron chi connectivity index (χ1n) is 6.61. The smallest absolute Gasteiger partial charge is 0.465 e. The van der Waals surface area contributed by atoms with Gasteiger partial charge in [0.15, 0.2) is 0 Å². The fourth-order valence-corrected chi connectivity index (χ4v) is 2.05. The molecule has 0 saturated heterocycles. The monoisotopic (exact) mass is 325 g/mol. The molecule has 0 saturated carbocycles. The number of methoxy groups -OCH3 is 1. The van der Waals surface area contributed by atoms with Crippen LogP contribution < -0.4 is 10.5 Å². The van der Waals surface area contributed by atoms with Gasteiger partial charge in [-0.3, -0.25) is 0 Å². The average molecular weight is 325 g/mol. The minimum atomic E-state index is -4.78. The van der Waals surface area contributed by atoms with Crippen molar-refractivity contribution in [2.24, 2.45) is 5.73 Å². The highest BCUT2D eigenvalue weighted by Gasteiger charge is 2.31. The molecule has 0 radical (unpaired) electrons. The van der Waals surface area contributed by atoms with Gasteiger partial charge in [-0.15, -0.1) is 13.2 Å². The van der Waals surface area contributed by atoms with Gasteiger partial charge < -0.3 is 15.2 Å². The zero-order valence-electron chi connectivity index (χ0n) is 12.2.